The van der Waals surface area contributed by atoms with Crippen LogP contribution in [0, 0.1) is 5.41 Å². The normalized spacial score (nSPS) is 16.8. The Balaban J connectivity index is 1.75. The first-order valence-electron chi connectivity index (χ1n) is 8.14. The van der Waals surface area contributed by atoms with Crippen molar-refractivity contribution in [2.45, 2.75) is 25.1 Å². The summed E-state index contributed by atoms with van der Waals surface area (Å²) in [6, 6.07) is 11.3. The van der Waals surface area contributed by atoms with Crippen LogP contribution in [0.1, 0.15) is 40.4 Å². The molecule has 0 heterocycles. The number of nitrogens with one attached hydrogen (secondary N) is 1. The number of carbonyl (C=O) groups excluding carboxylic acids is 1. The predicted octanol–water partition coefficient (Wildman–Crippen LogP) is 3.65. The second-order valence-corrected chi connectivity index (χ2v) is 6.59. The average Bonchev–Trinajstić information content (AvgIpc) is 3.40. The van der Waals surface area contributed by atoms with Gasteiger partial charge in [-0.25, -0.2) is 0 Å². The van der Waals surface area contributed by atoms with E-state index >= 15 is 0 Å². The molecule has 2 aromatic carbocycles. The Kier molecular flexibility index (Phi) is 4.66. The lowest BCUT2D eigenvalue weighted by molar-refractivity contribution is -0.137. The van der Waals surface area contributed by atoms with Gasteiger partial charge in [-0.15, -0.1) is 0 Å². The fourth-order valence-corrected chi connectivity index (χ4v) is 3.02. The van der Waals surface area contributed by atoms with Crippen molar-refractivity contribution in [3.63, 3.8) is 0 Å². The summed E-state index contributed by atoms with van der Waals surface area (Å²) in [5.41, 5.74) is -1.62. The van der Waals surface area contributed by atoms with Crippen LogP contribution in [0.3, 0.4) is 0 Å². The molecule has 0 unspecified atom stereocenters. The number of halogens is 3. The van der Waals surface area contributed by atoms with Gasteiger partial charge in [0.05, 0.1) is 17.2 Å². The van der Waals surface area contributed by atoms with Crippen LogP contribution >= 0.6 is 0 Å². The molecule has 1 amide bonds. The summed E-state index contributed by atoms with van der Waals surface area (Å²) in [7, 11) is 0. The minimum Gasteiger partial charge on any atom is -0.508 e. The smallest absolute Gasteiger partial charge is 0.417 e. The average molecular weight is 365 g/mol. The highest BCUT2D eigenvalue weighted by Gasteiger charge is 2.49. The molecule has 3 N–H and O–H groups in total. The van der Waals surface area contributed by atoms with E-state index in [9.17, 15) is 28.2 Å². The van der Waals surface area contributed by atoms with Crippen LogP contribution < -0.4 is 5.32 Å². The van der Waals surface area contributed by atoms with E-state index in [2.05, 4.69) is 5.32 Å². The van der Waals surface area contributed by atoms with Gasteiger partial charge in [0.2, 0.25) is 0 Å². The molecule has 0 radical (unpaired) electrons. The molecule has 1 saturated carbocycles. The molecule has 2 aromatic rings. The molecule has 1 aliphatic rings. The van der Waals surface area contributed by atoms with E-state index in [0.29, 0.717) is 24.5 Å². The van der Waals surface area contributed by atoms with Gasteiger partial charge in [0, 0.05) is 12.0 Å². The van der Waals surface area contributed by atoms with Gasteiger partial charge >= 0.3 is 6.18 Å². The molecule has 7 heteroatoms. The van der Waals surface area contributed by atoms with Crippen LogP contribution in [0.4, 0.5) is 13.2 Å². The van der Waals surface area contributed by atoms with Crippen LogP contribution in [0.15, 0.2) is 48.5 Å². The highest BCUT2D eigenvalue weighted by atomic mass is 19.4. The number of aliphatic hydroxyl groups is 1. The second kappa shape index (κ2) is 6.64. The highest BCUT2D eigenvalue weighted by molar-refractivity contribution is 5.96. The predicted molar refractivity (Wildman–Crippen MR) is 88.5 cm³/mol. The van der Waals surface area contributed by atoms with Crippen molar-refractivity contribution in [3.05, 3.63) is 65.2 Å². The standard InChI is InChI=1S/C19H18F3NO3/c20-19(21,22)15-7-6-13(24)10-14(15)17(26)23-11-18(8-9-18)16(25)12-4-2-1-3-5-12/h1-7,10,16,24-25H,8-9,11H2,(H,23,26)/t16-/m1/s1. The van der Waals surface area contributed by atoms with Crippen molar-refractivity contribution in [3.8, 4) is 5.75 Å². The largest absolute Gasteiger partial charge is 0.508 e. The minimum atomic E-state index is -4.71. The molecular formula is C19H18F3NO3. The van der Waals surface area contributed by atoms with Crippen LogP contribution in [-0.2, 0) is 6.18 Å². The zero-order valence-corrected chi connectivity index (χ0v) is 13.8. The Bertz CT molecular complexity index is 801. The lowest BCUT2D eigenvalue weighted by Gasteiger charge is -2.23. The number of alkyl halides is 3. The molecule has 1 fully saturated rings. The van der Waals surface area contributed by atoms with Crippen LogP contribution in [-0.4, -0.2) is 22.7 Å². The van der Waals surface area contributed by atoms with E-state index in [1.54, 1.807) is 24.3 Å². The van der Waals surface area contributed by atoms with Gasteiger partial charge in [0.15, 0.2) is 0 Å². The summed E-state index contributed by atoms with van der Waals surface area (Å²) in [5, 5.41) is 22.5. The summed E-state index contributed by atoms with van der Waals surface area (Å²) >= 11 is 0. The number of hydrogen-bond donors (Lipinski definition) is 3. The third-order valence-electron chi connectivity index (χ3n) is 4.74. The Morgan fingerprint density at radius 1 is 1.15 bits per heavy atom. The Hall–Kier alpha value is -2.54. The summed E-state index contributed by atoms with van der Waals surface area (Å²) in [6.45, 7) is 0.0504. The van der Waals surface area contributed by atoms with Gasteiger partial charge in [0.1, 0.15) is 5.75 Å². The Morgan fingerprint density at radius 2 is 1.81 bits per heavy atom. The van der Waals surface area contributed by atoms with E-state index in [0.717, 1.165) is 12.1 Å². The van der Waals surface area contributed by atoms with Crippen molar-refractivity contribution in [2.24, 2.45) is 5.41 Å². The molecule has 138 valence electrons. The third kappa shape index (κ3) is 3.67. The minimum absolute atomic E-state index is 0.0504. The topological polar surface area (TPSA) is 69.6 Å². The summed E-state index contributed by atoms with van der Waals surface area (Å²) in [4.78, 5) is 12.3. The van der Waals surface area contributed by atoms with Gasteiger partial charge in [-0.3, -0.25) is 4.79 Å². The van der Waals surface area contributed by atoms with Gasteiger partial charge in [-0.05, 0) is 36.6 Å². The van der Waals surface area contributed by atoms with E-state index < -0.39 is 40.5 Å². The van der Waals surface area contributed by atoms with Crippen molar-refractivity contribution >= 4 is 5.91 Å². The number of benzene rings is 2. The molecule has 0 saturated heterocycles. The van der Waals surface area contributed by atoms with Crippen molar-refractivity contribution in [1.29, 1.82) is 0 Å². The first kappa shape index (κ1) is 18.3. The Labute approximate surface area is 148 Å². The molecule has 1 aliphatic carbocycles. The third-order valence-corrected chi connectivity index (χ3v) is 4.74. The lowest BCUT2D eigenvalue weighted by atomic mass is 9.92. The second-order valence-electron chi connectivity index (χ2n) is 6.59. The van der Waals surface area contributed by atoms with E-state index in [4.69, 9.17) is 0 Å². The summed E-state index contributed by atoms with van der Waals surface area (Å²) in [6.07, 6.45) is -4.19. The highest BCUT2D eigenvalue weighted by Crippen LogP contribution is 2.54. The van der Waals surface area contributed by atoms with Crippen LogP contribution in [0.25, 0.3) is 0 Å². The fraction of sp³-hybridized carbons (Fsp3) is 0.316. The van der Waals surface area contributed by atoms with Crippen LogP contribution in [0.5, 0.6) is 5.75 Å². The molecule has 0 aliphatic heterocycles. The number of carbonyl (C=O) groups is 1. The van der Waals surface area contributed by atoms with E-state index in [1.165, 1.54) is 0 Å². The summed E-state index contributed by atoms with van der Waals surface area (Å²) in [5.74, 6) is -1.35. The van der Waals surface area contributed by atoms with Crippen molar-refractivity contribution in [2.75, 3.05) is 6.54 Å². The number of phenolic OH excluding ortho intramolecular Hbond substituents is 1. The number of aromatic hydroxyl groups is 1. The molecule has 3 rings (SSSR count). The zero-order valence-electron chi connectivity index (χ0n) is 13.8. The molecular weight excluding hydrogens is 347 g/mol. The fourth-order valence-electron chi connectivity index (χ4n) is 3.02. The maximum atomic E-state index is 13.1. The molecule has 0 bridgehead atoms. The molecule has 0 spiro atoms. The number of rotatable bonds is 5. The molecule has 4 nitrogen and oxygen atoms in total. The molecule has 0 aromatic heterocycles. The zero-order chi connectivity index (χ0) is 18.9. The first-order chi connectivity index (χ1) is 12.2. The number of amides is 1. The van der Waals surface area contributed by atoms with Gasteiger partial charge in [0.25, 0.3) is 5.91 Å². The lowest BCUT2D eigenvalue weighted by Crippen LogP contribution is -2.34. The molecule has 1 atom stereocenters. The molecule has 26 heavy (non-hydrogen) atoms. The maximum absolute atomic E-state index is 13.1. The van der Waals surface area contributed by atoms with Gasteiger partial charge < -0.3 is 15.5 Å². The number of phenols is 1. The number of aliphatic hydroxyl groups excluding tert-OH is 1. The SMILES string of the molecule is O=C(NCC1([C@H](O)c2ccccc2)CC1)c1cc(O)ccc1C(F)(F)F. The summed E-state index contributed by atoms with van der Waals surface area (Å²) < 4.78 is 39.2. The number of hydrogen-bond acceptors (Lipinski definition) is 3. The quantitative estimate of drug-likeness (QED) is 0.757. The van der Waals surface area contributed by atoms with Crippen molar-refractivity contribution in [1.82, 2.24) is 5.32 Å². The van der Waals surface area contributed by atoms with Gasteiger partial charge in [-0.2, -0.15) is 13.2 Å². The maximum Gasteiger partial charge on any atom is 0.417 e. The first-order valence-corrected chi connectivity index (χ1v) is 8.14. The monoisotopic (exact) mass is 365 g/mol. The van der Waals surface area contributed by atoms with Gasteiger partial charge in [-0.1, -0.05) is 30.3 Å². The van der Waals surface area contributed by atoms with Crippen molar-refractivity contribution < 1.29 is 28.2 Å². The van der Waals surface area contributed by atoms with E-state index in [1.807, 2.05) is 6.07 Å². The Morgan fingerprint density at radius 3 is 2.38 bits per heavy atom. The van der Waals surface area contributed by atoms with Crippen LogP contribution in [0.2, 0.25) is 0 Å². The van der Waals surface area contributed by atoms with E-state index in [-0.39, 0.29) is 6.54 Å².